The van der Waals surface area contributed by atoms with Gasteiger partial charge >= 0.3 is 12.1 Å². The van der Waals surface area contributed by atoms with Crippen LogP contribution in [-0.4, -0.2) is 35.1 Å². The summed E-state index contributed by atoms with van der Waals surface area (Å²) < 4.78 is 46.7. The number of hydrogen-bond acceptors (Lipinski definition) is 5. The zero-order valence-electron chi connectivity index (χ0n) is 20.6. The normalized spacial score (nSPS) is 14.3. The number of carbonyl (C=O) groups excluding carboxylic acids is 1. The molecule has 2 N–H and O–H groups in total. The highest BCUT2D eigenvalue weighted by molar-refractivity contribution is 6.03. The van der Waals surface area contributed by atoms with Crippen LogP contribution in [0.2, 0.25) is 0 Å². The lowest BCUT2D eigenvalue weighted by Crippen LogP contribution is -2.33. The molecule has 0 spiro atoms. The van der Waals surface area contributed by atoms with E-state index in [4.69, 9.17) is 9.52 Å². The molecule has 10 heteroatoms. The fraction of sp³-hybridized carbons (Fsp3) is 0.207. The van der Waals surface area contributed by atoms with Crippen molar-refractivity contribution >= 4 is 23.6 Å². The number of alkyl halides is 3. The molecule has 1 saturated heterocycles. The van der Waals surface area contributed by atoms with Crippen molar-refractivity contribution in [3.8, 4) is 11.1 Å². The SMILES string of the molecule is O=C(O)c1ccc(-c2ccc(NC(=O)c3oc(N4CCC(c5ccccc5)CC4)nc3C(F)(F)F)cc2)cc1. The number of anilines is 2. The van der Waals surface area contributed by atoms with Crippen molar-refractivity contribution in [2.45, 2.75) is 24.9 Å². The fourth-order valence-corrected chi connectivity index (χ4v) is 4.66. The van der Waals surface area contributed by atoms with Crippen molar-refractivity contribution in [1.82, 2.24) is 4.98 Å². The maximum Gasteiger partial charge on any atom is 0.437 e. The van der Waals surface area contributed by atoms with Gasteiger partial charge in [-0.15, -0.1) is 0 Å². The third-order valence-electron chi connectivity index (χ3n) is 6.74. The number of aromatic carboxylic acids is 1. The molecule has 0 saturated carbocycles. The maximum absolute atomic E-state index is 13.8. The number of piperidine rings is 1. The van der Waals surface area contributed by atoms with E-state index in [2.05, 4.69) is 10.3 Å². The third-order valence-corrected chi connectivity index (χ3v) is 6.74. The Balaban J connectivity index is 1.30. The van der Waals surface area contributed by atoms with Gasteiger partial charge in [0.05, 0.1) is 5.56 Å². The quantitative estimate of drug-likeness (QED) is 0.286. The number of carboxylic acid groups (broad SMARTS) is 1. The largest absolute Gasteiger partial charge is 0.478 e. The summed E-state index contributed by atoms with van der Waals surface area (Å²) in [5.74, 6) is -2.69. The minimum atomic E-state index is -4.87. The molecular formula is C29H24F3N3O4. The summed E-state index contributed by atoms with van der Waals surface area (Å²) in [6.45, 7) is 0.903. The van der Waals surface area contributed by atoms with E-state index >= 15 is 0 Å². The number of nitrogens with zero attached hydrogens (tertiary/aromatic N) is 2. The van der Waals surface area contributed by atoms with Crippen molar-refractivity contribution in [3.05, 3.63) is 101 Å². The van der Waals surface area contributed by atoms with Crippen LogP contribution in [-0.2, 0) is 6.18 Å². The van der Waals surface area contributed by atoms with Crippen LogP contribution in [0.25, 0.3) is 11.1 Å². The second kappa shape index (κ2) is 10.6. The molecule has 2 heterocycles. The molecule has 0 bridgehead atoms. The first-order chi connectivity index (χ1) is 18.7. The summed E-state index contributed by atoms with van der Waals surface area (Å²) in [5.41, 5.74) is 1.71. The molecule has 3 aromatic carbocycles. The number of oxazole rings is 1. The Hall–Kier alpha value is -4.60. The Bertz CT molecular complexity index is 1460. The Labute approximate surface area is 221 Å². The average Bonchev–Trinajstić information content (AvgIpc) is 3.41. The molecule has 1 aromatic heterocycles. The summed E-state index contributed by atoms with van der Waals surface area (Å²) >= 11 is 0. The van der Waals surface area contributed by atoms with Crippen LogP contribution < -0.4 is 10.2 Å². The van der Waals surface area contributed by atoms with Crippen LogP contribution >= 0.6 is 0 Å². The first-order valence-electron chi connectivity index (χ1n) is 12.3. The lowest BCUT2D eigenvalue weighted by Gasteiger charge is -2.31. The van der Waals surface area contributed by atoms with Gasteiger partial charge in [0.25, 0.3) is 11.9 Å². The highest BCUT2D eigenvalue weighted by Gasteiger charge is 2.42. The van der Waals surface area contributed by atoms with Gasteiger partial charge in [0, 0.05) is 18.8 Å². The van der Waals surface area contributed by atoms with Crippen LogP contribution in [0.3, 0.4) is 0 Å². The molecule has 7 nitrogen and oxygen atoms in total. The number of hydrogen-bond donors (Lipinski definition) is 2. The topological polar surface area (TPSA) is 95.7 Å². The van der Waals surface area contributed by atoms with E-state index in [-0.39, 0.29) is 17.3 Å². The molecule has 1 aliphatic rings. The minimum Gasteiger partial charge on any atom is -0.478 e. The molecule has 200 valence electrons. The zero-order valence-corrected chi connectivity index (χ0v) is 20.6. The summed E-state index contributed by atoms with van der Waals surface area (Å²) in [6.07, 6.45) is -3.43. The average molecular weight is 536 g/mol. The monoisotopic (exact) mass is 535 g/mol. The number of benzene rings is 3. The molecule has 4 aromatic rings. The van der Waals surface area contributed by atoms with Crippen molar-refractivity contribution in [2.24, 2.45) is 0 Å². The summed E-state index contributed by atoms with van der Waals surface area (Å²) in [6, 6.07) is 22.4. The number of carbonyl (C=O) groups is 2. The van der Waals surface area contributed by atoms with Crippen molar-refractivity contribution in [2.75, 3.05) is 23.3 Å². The van der Waals surface area contributed by atoms with Gasteiger partial charge in [-0.2, -0.15) is 18.2 Å². The predicted octanol–water partition coefficient (Wildman–Crippen LogP) is 6.69. The second-order valence-electron chi connectivity index (χ2n) is 9.26. The van der Waals surface area contributed by atoms with Crippen LogP contribution in [0.4, 0.5) is 24.9 Å². The smallest absolute Gasteiger partial charge is 0.437 e. The van der Waals surface area contributed by atoms with Crippen LogP contribution in [0.5, 0.6) is 0 Å². The Morgan fingerprint density at radius 3 is 2.05 bits per heavy atom. The van der Waals surface area contributed by atoms with Gasteiger partial charge in [0.2, 0.25) is 5.76 Å². The van der Waals surface area contributed by atoms with Gasteiger partial charge in [-0.1, -0.05) is 54.6 Å². The number of nitrogens with one attached hydrogen (secondary N) is 1. The molecule has 0 atom stereocenters. The van der Waals surface area contributed by atoms with Crippen LogP contribution in [0, 0.1) is 0 Å². The summed E-state index contributed by atoms with van der Waals surface area (Å²) in [5, 5.41) is 11.5. The Kier molecular flexibility index (Phi) is 7.10. The molecule has 1 amide bonds. The molecular weight excluding hydrogens is 511 g/mol. The molecule has 0 unspecified atom stereocenters. The Morgan fingerprint density at radius 2 is 1.49 bits per heavy atom. The maximum atomic E-state index is 13.8. The van der Waals surface area contributed by atoms with E-state index in [1.165, 1.54) is 29.8 Å². The van der Waals surface area contributed by atoms with E-state index in [0.29, 0.717) is 19.0 Å². The van der Waals surface area contributed by atoms with Crippen molar-refractivity contribution < 1.29 is 32.3 Å². The van der Waals surface area contributed by atoms with Crippen LogP contribution in [0.1, 0.15) is 50.9 Å². The minimum absolute atomic E-state index is 0.148. The standard InChI is InChI=1S/C29H24F3N3O4/c30-29(31,32)25-24(39-28(34-25)35-16-14-21(15-17-35)18-4-2-1-3-5-18)26(36)33-23-12-10-20(11-13-23)19-6-8-22(9-7-19)27(37)38/h1-13,21H,14-17H2,(H,33,36)(H,37,38). The molecule has 39 heavy (non-hydrogen) atoms. The third kappa shape index (κ3) is 5.79. The van der Waals surface area contributed by atoms with E-state index < -0.39 is 29.5 Å². The van der Waals surface area contributed by atoms with E-state index in [1.54, 1.807) is 29.2 Å². The highest BCUT2D eigenvalue weighted by atomic mass is 19.4. The summed E-state index contributed by atoms with van der Waals surface area (Å²) in [7, 11) is 0. The number of rotatable bonds is 6. The van der Waals surface area contributed by atoms with Gasteiger partial charge in [-0.05, 0) is 59.7 Å². The van der Waals surface area contributed by atoms with Crippen LogP contribution in [0.15, 0.2) is 83.3 Å². The number of carboxylic acids is 1. The van der Waals surface area contributed by atoms with E-state index in [1.807, 2.05) is 30.3 Å². The lowest BCUT2D eigenvalue weighted by molar-refractivity contribution is -0.141. The number of amides is 1. The van der Waals surface area contributed by atoms with Crippen molar-refractivity contribution in [1.29, 1.82) is 0 Å². The zero-order chi connectivity index (χ0) is 27.6. The van der Waals surface area contributed by atoms with Gasteiger partial charge in [0.1, 0.15) is 0 Å². The molecule has 1 fully saturated rings. The molecule has 0 aliphatic carbocycles. The first kappa shape index (κ1) is 26.0. The lowest BCUT2D eigenvalue weighted by atomic mass is 9.90. The molecule has 1 aliphatic heterocycles. The van der Waals surface area contributed by atoms with Gasteiger partial charge in [0.15, 0.2) is 5.69 Å². The number of aromatic nitrogens is 1. The number of halogens is 3. The highest BCUT2D eigenvalue weighted by Crippen LogP contribution is 2.36. The van der Waals surface area contributed by atoms with E-state index in [9.17, 15) is 22.8 Å². The van der Waals surface area contributed by atoms with Gasteiger partial charge in [-0.3, -0.25) is 4.79 Å². The molecule has 5 rings (SSSR count). The second-order valence-corrected chi connectivity index (χ2v) is 9.26. The van der Waals surface area contributed by atoms with E-state index in [0.717, 1.165) is 24.0 Å². The van der Waals surface area contributed by atoms with Gasteiger partial charge in [-0.25, -0.2) is 4.79 Å². The summed E-state index contributed by atoms with van der Waals surface area (Å²) in [4.78, 5) is 29.2. The predicted molar refractivity (Wildman–Crippen MR) is 139 cm³/mol. The van der Waals surface area contributed by atoms with Gasteiger partial charge < -0.3 is 19.7 Å². The Morgan fingerprint density at radius 1 is 0.897 bits per heavy atom. The molecule has 0 radical (unpaired) electrons. The first-order valence-corrected chi connectivity index (χ1v) is 12.3. The fourth-order valence-electron chi connectivity index (χ4n) is 4.66. The van der Waals surface area contributed by atoms with Crippen molar-refractivity contribution in [3.63, 3.8) is 0 Å².